The van der Waals surface area contributed by atoms with Crippen LogP contribution >= 0.6 is 0 Å². The smallest absolute Gasteiger partial charge is 0.228 e. The number of fused-ring (bicyclic) bond motifs is 1. The van der Waals surface area contributed by atoms with Crippen molar-refractivity contribution in [3.8, 4) is 0 Å². The van der Waals surface area contributed by atoms with E-state index in [1.165, 1.54) is 11.1 Å². The first-order valence-corrected chi connectivity index (χ1v) is 8.97. The van der Waals surface area contributed by atoms with Crippen molar-refractivity contribution in [3.05, 3.63) is 71.8 Å². The molecule has 1 saturated carbocycles. The third-order valence-corrected chi connectivity index (χ3v) is 5.14. The number of nitrogens with one attached hydrogen (secondary N) is 1. The number of carbonyl (C=O) groups is 1. The lowest BCUT2D eigenvalue weighted by Gasteiger charge is -2.10. The number of pyridine rings is 1. The van der Waals surface area contributed by atoms with Gasteiger partial charge in [-0.15, -0.1) is 0 Å². The molecule has 0 bridgehead atoms. The van der Waals surface area contributed by atoms with Crippen LogP contribution in [0, 0.1) is 11.7 Å². The quantitative estimate of drug-likeness (QED) is 0.700. The predicted octanol–water partition coefficient (Wildman–Crippen LogP) is 5.24. The summed E-state index contributed by atoms with van der Waals surface area (Å²) in [5, 5.41) is 3.95. The van der Waals surface area contributed by atoms with Gasteiger partial charge in [-0.05, 0) is 41.5 Å². The van der Waals surface area contributed by atoms with Crippen LogP contribution in [0.2, 0.25) is 0 Å². The topological polar surface area (TPSA) is 42.0 Å². The second-order valence-electron chi connectivity index (χ2n) is 7.29. The van der Waals surface area contributed by atoms with Crippen LogP contribution in [0.5, 0.6) is 0 Å². The molecule has 1 aromatic heterocycles. The van der Waals surface area contributed by atoms with Gasteiger partial charge < -0.3 is 5.32 Å². The predicted molar refractivity (Wildman–Crippen MR) is 102 cm³/mol. The van der Waals surface area contributed by atoms with E-state index >= 15 is 0 Å². The molecular formula is C22H21FN2O. The summed E-state index contributed by atoms with van der Waals surface area (Å²) < 4.78 is 14.6. The molecule has 0 radical (unpaired) electrons. The van der Waals surface area contributed by atoms with Gasteiger partial charge in [0.2, 0.25) is 5.91 Å². The first-order chi connectivity index (χ1) is 12.5. The molecule has 1 fully saturated rings. The molecule has 0 spiro atoms. The molecule has 1 aliphatic carbocycles. The van der Waals surface area contributed by atoms with Gasteiger partial charge in [-0.3, -0.25) is 9.78 Å². The van der Waals surface area contributed by atoms with E-state index in [-0.39, 0.29) is 23.4 Å². The highest BCUT2D eigenvalue weighted by Gasteiger charge is 2.44. The van der Waals surface area contributed by atoms with Crippen LogP contribution in [0.15, 0.2) is 54.9 Å². The van der Waals surface area contributed by atoms with Crippen LogP contribution in [0.1, 0.15) is 43.2 Å². The Kier molecular flexibility index (Phi) is 4.19. The summed E-state index contributed by atoms with van der Waals surface area (Å²) in [6, 6.07) is 13.4. The zero-order valence-electron chi connectivity index (χ0n) is 14.9. The average Bonchev–Trinajstić information content (AvgIpc) is 3.45. The summed E-state index contributed by atoms with van der Waals surface area (Å²) >= 11 is 0. The summed E-state index contributed by atoms with van der Waals surface area (Å²) in [4.78, 5) is 16.6. The first kappa shape index (κ1) is 16.7. The maximum Gasteiger partial charge on any atom is 0.228 e. The van der Waals surface area contributed by atoms with Gasteiger partial charge >= 0.3 is 0 Å². The van der Waals surface area contributed by atoms with E-state index in [0.717, 1.165) is 11.8 Å². The molecule has 1 N–H and O–H groups in total. The van der Waals surface area contributed by atoms with E-state index in [0.29, 0.717) is 11.3 Å². The average molecular weight is 348 g/mol. The number of anilines is 1. The van der Waals surface area contributed by atoms with Crippen LogP contribution in [0.3, 0.4) is 0 Å². The molecule has 1 aliphatic rings. The molecule has 2 unspecified atom stereocenters. The van der Waals surface area contributed by atoms with E-state index in [1.54, 1.807) is 30.6 Å². The molecule has 4 heteroatoms. The highest BCUT2D eigenvalue weighted by molar-refractivity contribution is 5.97. The fourth-order valence-corrected chi connectivity index (χ4v) is 3.45. The number of nitrogens with zero attached hydrogens (tertiary/aromatic N) is 1. The normalized spacial score (nSPS) is 18.9. The summed E-state index contributed by atoms with van der Waals surface area (Å²) in [6.45, 7) is 4.32. The Labute approximate surface area is 152 Å². The fourth-order valence-electron chi connectivity index (χ4n) is 3.45. The molecule has 2 atom stereocenters. The molecule has 0 saturated heterocycles. The standard InChI is InChI=1S/C22H21FN2O/c1-13(2)14-4-3-5-15(10-14)18-11-19(18)22(26)25-20-7-6-16-12-24-9-8-17(16)21(20)23/h3-10,12-13,18-19H,11H2,1-2H3,(H,25,26). The maximum atomic E-state index is 14.6. The largest absolute Gasteiger partial charge is 0.323 e. The van der Waals surface area contributed by atoms with Crippen LogP contribution in [-0.2, 0) is 4.79 Å². The number of aromatic nitrogens is 1. The lowest BCUT2D eigenvalue weighted by Crippen LogP contribution is -2.15. The Bertz CT molecular complexity index is 983. The van der Waals surface area contributed by atoms with Crippen LogP contribution in [-0.4, -0.2) is 10.9 Å². The molecule has 0 aliphatic heterocycles. The van der Waals surface area contributed by atoms with Gasteiger partial charge in [0.15, 0.2) is 5.82 Å². The zero-order chi connectivity index (χ0) is 18.3. The van der Waals surface area contributed by atoms with Crippen LogP contribution in [0.25, 0.3) is 10.8 Å². The number of hydrogen-bond acceptors (Lipinski definition) is 2. The van der Waals surface area contributed by atoms with E-state index in [2.05, 4.69) is 48.4 Å². The van der Waals surface area contributed by atoms with Gasteiger partial charge in [0, 0.05) is 29.1 Å². The molecule has 4 rings (SSSR count). The van der Waals surface area contributed by atoms with Gasteiger partial charge in [-0.25, -0.2) is 4.39 Å². The SMILES string of the molecule is CC(C)c1cccc(C2CC2C(=O)Nc2ccc3cnccc3c2F)c1. The van der Waals surface area contributed by atoms with Crippen molar-refractivity contribution in [1.29, 1.82) is 0 Å². The fraction of sp³-hybridized carbons (Fsp3) is 0.273. The Balaban J connectivity index is 1.50. The summed E-state index contributed by atoms with van der Waals surface area (Å²) in [6.07, 6.45) is 3.98. The van der Waals surface area contributed by atoms with Crippen molar-refractivity contribution in [2.75, 3.05) is 5.32 Å². The first-order valence-electron chi connectivity index (χ1n) is 8.97. The minimum absolute atomic E-state index is 0.0926. The van der Waals surface area contributed by atoms with Gasteiger partial charge in [-0.1, -0.05) is 44.2 Å². The highest BCUT2D eigenvalue weighted by Crippen LogP contribution is 2.48. The summed E-state index contributed by atoms with van der Waals surface area (Å²) in [5.74, 6) is 0.0723. The lowest BCUT2D eigenvalue weighted by atomic mass is 9.98. The van der Waals surface area contributed by atoms with Crippen LogP contribution in [0.4, 0.5) is 10.1 Å². The Morgan fingerprint density at radius 1 is 1.23 bits per heavy atom. The minimum atomic E-state index is -0.405. The van der Waals surface area contributed by atoms with Gasteiger partial charge in [0.25, 0.3) is 0 Å². The van der Waals surface area contributed by atoms with Crippen molar-refractivity contribution < 1.29 is 9.18 Å². The molecule has 132 valence electrons. The third-order valence-electron chi connectivity index (χ3n) is 5.14. The Morgan fingerprint density at radius 3 is 2.88 bits per heavy atom. The van der Waals surface area contributed by atoms with Crippen molar-refractivity contribution in [2.24, 2.45) is 5.92 Å². The zero-order valence-corrected chi connectivity index (χ0v) is 14.9. The number of benzene rings is 2. The summed E-state index contributed by atoms with van der Waals surface area (Å²) in [7, 11) is 0. The molecule has 1 heterocycles. The minimum Gasteiger partial charge on any atom is -0.323 e. The van der Waals surface area contributed by atoms with Crippen LogP contribution < -0.4 is 5.32 Å². The molecular weight excluding hydrogens is 327 g/mol. The monoisotopic (exact) mass is 348 g/mol. The number of carbonyl (C=O) groups excluding carboxylic acids is 1. The molecule has 3 nitrogen and oxygen atoms in total. The molecule has 1 amide bonds. The lowest BCUT2D eigenvalue weighted by molar-refractivity contribution is -0.117. The Hall–Kier alpha value is -2.75. The highest BCUT2D eigenvalue weighted by atomic mass is 19.1. The Morgan fingerprint density at radius 2 is 2.08 bits per heavy atom. The summed E-state index contributed by atoms with van der Waals surface area (Å²) in [5.41, 5.74) is 2.71. The number of halogens is 1. The van der Waals surface area contributed by atoms with Gasteiger partial charge in [0.05, 0.1) is 5.69 Å². The maximum absolute atomic E-state index is 14.6. The second kappa shape index (κ2) is 6.52. The van der Waals surface area contributed by atoms with E-state index in [9.17, 15) is 9.18 Å². The number of hydrogen-bond donors (Lipinski definition) is 1. The molecule has 26 heavy (non-hydrogen) atoms. The third kappa shape index (κ3) is 3.07. The van der Waals surface area contributed by atoms with Crippen molar-refractivity contribution in [1.82, 2.24) is 4.98 Å². The number of rotatable bonds is 4. The van der Waals surface area contributed by atoms with E-state index < -0.39 is 5.82 Å². The molecule has 3 aromatic rings. The number of amides is 1. The molecule has 2 aromatic carbocycles. The van der Waals surface area contributed by atoms with E-state index in [1.807, 2.05) is 0 Å². The van der Waals surface area contributed by atoms with Gasteiger partial charge in [-0.2, -0.15) is 0 Å². The van der Waals surface area contributed by atoms with Crippen molar-refractivity contribution in [3.63, 3.8) is 0 Å². The van der Waals surface area contributed by atoms with E-state index in [4.69, 9.17) is 0 Å². The van der Waals surface area contributed by atoms with Crippen molar-refractivity contribution in [2.45, 2.75) is 32.1 Å². The van der Waals surface area contributed by atoms with Gasteiger partial charge in [0.1, 0.15) is 0 Å². The van der Waals surface area contributed by atoms with Crippen molar-refractivity contribution >= 4 is 22.4 Å². The second-order valence-corrected chi connectivity index (χ2v) is 7.29.